The summed E-state index contributed by atoms with van der Waals surface area (Å²) in [6.45, 7) is 5.70. The van der Waals surface area contributed by atoms with Crippen LogP contribution in [0.1, 0.15) is 27.2 Å². The Bertz CT molecular complexity index is 1250. The monoisotopic (exact) mass is 447 g/mol. The zero-order chi connectivity index (χ0) is 22.1. The lowest BCUT2D eigenvalue weighted by atomic mass is 10.1. The number of aryl methyl sites for hydroxylation is 1. The van der Waals surface area contributed by atoms with E-state index in [9.17, 15) is 9.59 Å². The Hall–Kier alpha value is -3.42. The van der Waals surface area contributed by atoms with E-state index < -0.39 is 5.97 Å². The fourth-order valence-corrected chi connectivity index (χ4v) is 4.49. The highest BCUT2D eigenvalue weighted by atomic mass is 32.2. The van der Waals surface area contributed by atoms with Gasteiger partial charge in [0.15, 0.2) is 4.32 Å². The van der Waals surface area contributed by atoms with Gasteiger partial charge in [-0.2, -0.15) is 0 Å². The van der Waals surface area contributed by atoms with Crippen LogP contribution in [0.4, 0.5) is 5.69 Å². The van der Waals surface area contributed by atoms with Gasteiger partial charge in [0.25, 0.3) is 5.91 Å². The summed E-state index contributed by atoms with van der Waals surface area (Å²) in [5, 5.41) is 9.02. The smallest absolute Gasteiger partial charge is 0.335 e. The molecule has 0 atom stereocenters. The van der Waals surface area contributed by atoms with Crippen molar-refractivity contribution in [3.05, 3.63) is 88.5 Å². The summed E-state index contributed by atoms with van der Waals surface area (Å²) in [4.78, 5) is 26.0. The summed E-state index contributed by atoms with van der Waals surface area (Å²) in [7, 11) is 0. The fourth-order valence-electron chi connectivity index (χ4n) is 3.22. The predicted molar refractivity (Wildman–Crippen MR) is 128 cm³/mol. The molecule has 1 amide bonds. The first kappa shape index (κ1) is 20.8. The first-order valence-electron chi connectivity index (χ1n) is 9.32. The Kier molecular flexibility index (Phi) is 5.63. The van der Waals surface area contributed by atoms with Crippen LogP contribution in [0.25, 0.3) is 23.5 Å². The molecular formula is C24H17NO4S2. The number of hydrogen-bond acceptors (Lipinski definition) is 5. The molecule has 0 saturated carbocycles. The molecule has 1 aliphatic heterocycles. The maximum Gasteiger partial charge on any atom is 0.335 e. The van der Waals surface area contributed by atoms with Crippen LogP contribution in [0.5, 0.6) is 0 Å². The van der Waals surface area contributed by atoms with E-state index in [2.05, 4.69) is 6.58 Å². The Morgan fingerprint density at radius 2 is 1.90 bits per heavy atom. The van der Waals surface area contributed by atoms with E-state index >= 15 is 0 Å². The van der Waals surface area contributed by atoms with Crippen LogP contribution < -0.4 is 4.90 Å². The van der Waals surface area contributed by atoms with Gasteiger partial charge in [-0.3, -0.25) is 9.69 Å². The van der Waals surface area contributed by atoms with Crippen molar-refractivity contribution in [1.82, 2.24) is 0 Å². The van der Waals surface area contributed by atoms with Gasteiger partial charge in [0.1, 0.15) is 11.5 Å². The zero-order valence-corrected chi connectivity index (χ0v) is 18.1. The molecule has 2 aromatic carbocycles. The molecule has 1 saturated heterocycles. The number of carbonyl (C=O) groups excluding carboxylic acids is 1. The van der Waals surface area contributed by atoms with Crippen molar-refractivity contribution in [1.29, 1.82) is 0 Å². The molecule has 2 heterocycles. The van der Waals surface area contributed by atoms with Crippen LogP contribution in [0.2, 0.25) is 0 Å². The summed E-state index contributed by atoms with van der Waals surface area (Å²) in [5.41, 5.74) is 3.60. The molecule has 3 aromatic rings. The van der Waals surface area contributed by atoms with Crippen LogP contribution in [-0.4, -0.2) is 21.3 Å². The lowest BCUT2D eigenvalue weighted by molar-refractivity contribution is -0.113. The summed E-state index contributed by atoms with van der Waals surface area (Å²) in [6, 6.07) is 15.7. The standard InChI is InChI=1S/C24H17NO4S2/c1-3-15-4-10-19(14(2)12-15)25-22(26)21(31-24(25)30)13-18-9-11-20(29-18)16-5-7-17(8-6-16)23(27)28/h3-13H,1H2,2H3,(H,27,28)/b21-13-. The van der Waals surface area contributed by atoms with Gasteiger partial charge in [0.2, 0.25) is 0 Å². The summed E-state index contributed by atoms with van der Waals surface area (Å²) < 4.78 is 6.31. The number of amides is 1. The number of carbonyl (C=O) groups is 2. The summed E-state index contributed by atoms with van der Waals surface area (Å²) in [6.07, 6.45) is 3.42. The second-order valence-corrected chi connectivity index (χ2v) is 8.53. The Morgan fingerprint density at radius 1 is 1.16 bits per heavy atom. The number of anilines is 1. The number of carboxylic acid groups (broad SMARTS) is 1. The van der Waals surface area contributed by atoms with E-state index in [4.69, 9.17) is 21.7 Å². The number of rotatable bonds is 5. The van der Waals surface area contributed by atoms with Crippen molar-refractivity contribution in [3.63, 3.8) is 0 Å². The topological polar surface area (TPSA) is 70.8 Å². The minimum atomic E-state index is -0.983. The number of aromatic carboxylic acids is 1. The third-order valence-electron chi connectivity index (χ3n) is 4.81. The lowest BCUT2D eigenvalue weighted by Crippen LogP contribution is -2.28. The highest BCUT2D eigenvalue weighted by molar-refractivity contribution is 8.27. The van der Waals surface area contributed by atoms with Gasteiger partial charge in [-0.15, -0.1) is 0 Å². The molecule has 1 aromatic heterocycles. The number of benzene rings is 2. The van der Waals surface area contributed by atoms with Crippen molar-refractivity contribution >= 4 is 58.0 Å². The van der Waals surface area contributed by atoms with Crippen molar-refractivity contribution in [3.8, 4) is 11.3 Å². The van der Waals surface area contributed by atoms with Crippen LogP contribution >= 0.6 is 24.0 Å². The average molecular weight is 448 g/mol. The molecule has 1 N–H and O–H groups in total. The molecule has 0 spiro atoms. The van der Waals surface area contributed by atoms with E-state index in [-0.39, 0.29) is 11.5 Å². The van der Waals surface area contributed by atoms with Crippen LogP contribution in [-0.2, 0) is 4.79 Å². The molecule has 4 rings (SSSR count). The Balaban J connectivity index is 1.59. The minimum Gasteiger partial charge on any atom is -0.478 e. The maximum absolute atomic E-state index is 13.0. The van der Waals surface area contributed by atoms with Crippen molar-refractivity contribution in [2.75, 3.05) is 4.90 Å². The van der Waals surface area contributed by atoms with E-state index in [1.54, 1.807) is 36.4 Å². The van der Waals surface area contributed by atoms with Crippen molar-refractivity contribution in [2.45, 2.75) is 6.92 Å². The second-order valence-electron chi connectivity index (χ2n) is 6.85. The van der Waals surface area contributed by atoms with Crippen LogP contribution in [0.15, 0.2) is 70.5 Å². The van der Waals surface area contributed by atoms with E-state index in [0.717, 1.165) is 22.4 Å². The van der Waals surface area contributed by atoms with Gasteiger partial charge in [-0.05, 0) is 54.4 Å². The van der Waals surface area contributed by atoms with Crippen molar-refractivity contribution < 1.29 is 19.1 Å². The Morgan fingerprint density at radius 3 is 2.55 bits per heavy atom. The number of furan rings is 1. The molecule has 1 aliphatic rings. The molecule has 5 nitrogen and oxygen atoms in total. The molecule has 0 bridgehead atoms. The molecule has 1 fully saturated rings. The fraction of sp³-hybridized carbons (Fsp3) is 0.0417. The molecule has 0 radical (unpaired) electrons. The van der Waals surface area contributed by atoms with Gasteiger partial charge >= 0.3 is 5.97 Å². The second kappa shape index (κ2) is 8.37. The minimum absolute atomic E-state index is 0.201. The van der Waals surface area contributed by atoms with Gasteiger partial charge in [-0.1, -0.05) is 54.8 Å². The van der Waals surface area contributed by atoms with Crippen LogP contribution in [0.3, 0.4) is 0 Å². The third kappa shape index (κ3) is 4.10. The normalized spacial score (nSPS) is 15.0. The predicted octanol–water partition coefficient (Wildman–Crippen LogP) is 6.00. The zero-order valence-electron chi connectivity index (χ0n) is 16.5. The van der Waals surface area contributed by atoms with E-state index in [0.29, 0.717) is 20.7 Å². The molecule has 7 heteroatoms. The van der Waals surface area contributed by atoms with Gasteiger partial charge < -0.3 is 9.52 Å². The lowest BCUT2D eigenvalue weighted by Gasteiger charge is -2.17. The first-order chi connectivity index (χ1) is 14.9. The first-order valence-corrected chi connectivity index (χ1v) is 10.5. The Labute approximate surface area is 188 Å². The maximum atomic E-state index is 13.0. The van der Waals surface area contributed by atoms with Crippen LogP contribution in [0, 0.1) is 6.92 Å². The van der Waals surface area contributed by atoms with Gasteiger partial charge in [0.05, 0.1) is 16.2 Å². The van der Waals surface area contributed by atoms with Gasteiger partial charge in [-0.25, -0.2) is 4.79 Å². The van der Waals surface area contributed by atoms with Crippen molar-refractivity contribution in [2.24, 2.45) is 0 Å². The van der Waals surface area contributed by atoms with E-state index in [1.807, 2.05) is 25.1 Å². The highest BCUT2D eigenvalue weighted by Crippen LogP contribution is 2.38. The quantitative estimate of drug-likeness (QED) is 0.382. The molecular weight excluding hydrogens is 430 g/mol. The number of thioether (sulfide) groups is 1. The van der Waals surface area contributed by atoms with Gasteiger partial charge in [0, 0.05) is 11.6 Å². The van der Waals surface area contributed by atoms with E-state index in [1.165, 1.54) is 28.8 Å². The molecule has 0 aliphatic carbocycles. The largest absolute Gasteiger partial charge is 0.478 e. The number of nitrogens with zero attached hydrogens (tertiary/aromatic N) is 1. The molecule has 154 valence electrons. The molecule has 31 heavy (non-hydrogen) atoms. The summed E-state index contributed by atoms with van der Waals surface area (Å²) in [5.74, 6) is -0.0950. The number of carboxylic acids is 1. The average Bonchev–Trinajstić information content (AvgIpc) is 3.33. The number of hydrogen-bond donors (Lipinski definition) is 1. The number of thiocarbonyl (C=S) groups is 1. The summed E-state index contributed by atoms with van der Waals surface area (Å²) >= 11 is 6.68. The molecule has 0 unspecified atom stereocenters. The highest BCUT2D eigenvalue weighted by Gasteiger charge is 2.34. The third-order valence-corrected chi connectivity index (χ3v) is 6.11. The SMILES string of the molecule is C=Cc1ccc(N2C(=O)/C(=C/c3ccc(-c4ccc(C(=O)O)cc4)o3)SC2=S)c(C)c1.